The van der Waals surface area contributed by atoms with E-state index in [4.69, 9.17) is 0 Å². The van der Waals surface area contributed by atoms with E-state index >= 15 is 0 Å². The van der Waals surface area contributed by atoms with Crippen molar-refractivity contribution in [2.75, 3.05) is 6.61 Å². The second kappa shape index (κ2) is 4.85. The van der Waals surface area contributed by atoms with Crippen molar-refractivity contribution in [1.82, 2.24) is 0 Å². The van der Waals surface area contributed by atoms with Gasteiger partial charge in [-0.1, -0.05) is 19.8 Å². The molecule has 0 aliphatic heterocycles. The third-order valence-electron chi connectivity index (χ3n) is 1.43. The summed E-state index contributed by atoms with van der Waals surface area (Å²) in [6, 6.07) is 0. The molecule has 0 radical (unpaired) electrons. The van der Waals surface area contributed by atoms with Gasteiger partial charge in [0.05, 0.1) is 6.61 Å². The molecule has 0 saturated heterocycles. The third-order valence-corrected chi connectivity index (χ3v) is 2.78. The van der Waals surface area contributed by atoms with E-state index in [1.54, 1.807) is 0 Å². The molecule has 0 N–H and O–H groups in total. The van der Waals surface area contributed by atoms with E-state index in [0.29, 0.717) is 13.3 Å². The SMILES string of the molecule is CCCCCOS(=O)(=O)C(C)(F)F. The molecular weight excluding hydrogens is 202 g/mol. The molecule has 0 aromatic heterocycles. The molecule has 0 atom stereocenters. The van der Waals surface area contributed by atoms with E-state index in [0.717, 1.165) is 12.8 Å². The van der Waals surface area contributed by atoms with Crippen LogP contribution < -0.4 is 0 Å². The van der Waals surface area contributed by atoms with Crippen molar-refractivity contribution < 1.29 is 21.4 Å². The molecule has 13 heavy (non-hydrogen) atoms. The van der Waals surface area contributed by atoms with Gasteiger partial charge in [0.1, 0.15) is 0 Å². The summed E-state index contributed by atoms with van der Waals surface area (Å²) in [5, 5.41) is -3.81. The minimum atomic E-state index is -4.71. The van der Waals surface area contributed by atoms with E-state index in [1.807, 2.05) is 6.92 Å². The predicted octanol–water partition coefficient (Wildman–Crippen LogP) is 2.14. The zero-order valence-corrected chi connectivity index (χ0v) is 8.53. The molecule has 0 aromatic carbocycles. The van der Waals surface area contributed by atoms with E-state index in [-0.39, 0.29) is 6.61 Å². The molecule has 3 nitrogen and oxygen atoms in total. The first-order valence-electron chi connectivity index (χ1n) is 4.08. The van der Waals surface area contributed by atoms with Crippen LogP contribution in [0, 0.1) is 0 Å². The molecule has 0 unspecified atom stereocenters. The number of unbranched alkanes of at least 4 members (excludes halogenated alkanes) is 2. The van der Waals surface area contributed by atoms with Gasteiger partial charge in [-0.3, -0.25) is 4.18 Å². The van der Waals surface area contributed by atoms with Crippen molar-refractivity contribution in [3.05, 3.63) is 0 Å². The van der Waals surface area contributed by atoms with Gasteiger partial charge in [0.2, 0.25) is 0 Å². The molecule has 0 fully saturated rings. The molecule has 0 bridgehead atoms. The maximum atomic E-state index is 12.3. The standard InChI is InChI=1S/C7H14F2O3S/c1-3-4-5-6-12-13(10,11)7(2,8)9/h3-6H2,1-2H3. The van der Waals surface area contributed by atoms with Crippen LogP contribution in [0.25, 0.3) is 0 Å². The van der Waals surface area contributed by atoms with Gasteiger partial charge in [-0.25, -0.2) is 0 Å². The highest BCUT2D eigenvalue weighted by atomic mass is 32.2. The number of hydrogen-bond donors (Lipinski definition) is 0. The minimum Gasteiger partial charge on any atom is -0.266 e. The van der Waals surface area contributed by atoms with Crippen LogP contribution in [0.5, 0.6) is 0 Å². The highest BCUT2D eigenvalue weighted by molar-refractivity contribution is 7.87. The van der Waals surface area contributed by atoms with Crippen molar-refractivity contribution in [2.45, 2.75) is 38.4 Å². The van der Waals surface area contributed by atoms with Gasteiger partial charge < -0.3 is 0 Å². The van der Waals surface area contributed by atoms with E-state index in [9.17, 15) is 17.2 Å². The fraction of sp³-hybridized carbons (Fsp3) is 1.00. The monoisotopic (exact) mass is 216 g/mol. The first kappa shape index (κ1) is 12.8. The van der Waals surface area contributed by atoms with Crippen molar-refractivity contribution in [3.8, 4) is 0 Å². The largest absolute Gasteiger partial charge is 0.367 e. The Hall–Kier alpha value is -0.230. The Kier molecular flexibility index (Phi) is 4.77. The number of halogens is 2. The quantitative estimate of drug-likeness (QED) is 0.504. The van der Waals surface area contributed by atoms with Gasteiger partial charge in [0.25, 0.3) is 0 Å². The topological polar surface area (TPSA) is 43.4 Å². The average Bonchev–Trinajstić information content (AvgIpc) is 1.96. The lowest BCUT2D eigenvalue weighted by Gasteiger charge is -2.10. The number of hydrogen-bond acceptors (Lipinski definition) is 3. The molecule has 0 aliphatic carbocycles. The lowest BCUT2D eigenvalue weighted by molar-refractivity contribution is 0.0927. The summed E-state index contributed by atoms with van der Waals surface area (Å²) in [5.41, 5.74) is 0. The summed E-state index contributed by atoms with van der Waals surface area (Å²) >= 11 is 0. The highest BCUT2D eigenvalue weighted by Crippen LogP contribution is 2.22. The van der Waals surface area contributed by atoms with Gasteiger partial charge >= 0.3 is 15.4 Å². The molecule has 0 saturated carbocycles. The average molecular weight is 216 g/mol. The highest BCUT2D eigenvalue weighted by Gasteiger charge is 2.40. The van der Waals surface area contributed by atoms with Crippen molar-refractivity contribution >= 4 is 10.1 Å². The van der Waals surface area contributed by atoms with Gasteiger partial charge in [-0.2, -0.15) is 17.2 Å². The zero-order valence-electron chi connectivity index (χ0n) is 7.72. The van der Waals surface area contributed by atoms with Gasteiger partial charge in [0, 0.05) is 6.92 Å². The summed E-state index contributed by atoms with van der Waals surface area (Å²) in [6.45, 7) is 2.06. The summed E-state index contributed by atoms with van der Waals surface area (Å²) in [5.74, 6) is 0. The molecule has 0 rings (SSSR count). The van der Waals surface area contributed by atoms with Crippen molar-refractivity contribution in [1.29, 1.82) is 0 Å². The van der Waals surface area contributed by atoms with Crippen LogP contribution in [0.2, 0.25) is 0 Å². The van der Waals surface area contributed by atoms with E-state index in [1.165, 1.54) is 0 Å². The summed E-state index contributed by atoms with van der Waals surface area (Å²) < 4.78 is 50.0. The molecular formula is C7H14F2O3S. The van der Waals surface area contributed by atoms with Crippen LogP contribution in [0.4, 0.5) is 8.78 Å². The normalized spacial score (nSPS) is 13.2. The lowest BCUT2D eigenvalue weighted by atomic mass is 10.3. The van der Waals surface area contributed by atoms with Crippen LogP contribution in [0.15, 0.2) is 0 Å². The third kappa shape index (κ3) is 4.52. The van der Waals surface area contributed by atoms with Gasteiger partial charge in [-0.05, 0) is 6.42 Å². The molecule has 0 heterocycles. The first-order valence-corrected chi connectivity index (χ1v) is 5.49. The van der Waals surface area contributed by atoms with E-state index < -0.39 is 15.4 Å². The number of alkyl halides is 2. The molecule has 0 aromatic rings. The summed E-state index contributed by atoms with van der Waals surface area (Å²) in [7, 11) is -4.71. The Morgan fingerprint density at radius 1 is 1.31 bits per heavy atom. The zero-order chi connectivity index (χ0) is 10.5. The molecule has 80 valence electrons. The second-order valence-corrected chi connectivity index (χ2v) is 4.65. The Morgan fingerprint density at radius 2 is 1.85 bits per heavy atom. The van der Waals surface area contributed by atoms with Crippen LogP contribution in [0.1, 0.15) is 33.1 Å². The lowest BCUT2D eigenvalue weighted by Crippen LogP contribution is -2.27. The summed E-state index contributed by atoms with van der Waals surface area (Å²) in [6.07, 6.45) is 2.13. The van der Waals surface area contributed by atoms with Gasteiger partial charge in [0.15, 0.2) is 0 Å². The maximum absolute atomic E-state index is 12.3. The predicted molar refractivity (Wildman–Crippen MR) is 45.0 cm³/mol. The first-order chi connectivity index (χ1) is 5.81. The fourth-order valence-electron chi connectivity index (χ4n) is 0.624. The molecule has 0 spiro atoms. The number of rotatable bonds is 6. The fourth-order valence-corrected chi connectivity index (χ4v) is 1.17. The Labute approximate surface area is 77.2 Å². The Bertz CT molecular complexity index is 231. The Balaban J connectivity index is 3.92. The van der Waals surface area contributed by atoms with Crippen molar-refractivity contribution in [2.24, 2.45) is 0 Å². The Morgan fingerprint density at radius 3 is 2.23 bits per heavy atom. The van der Waals surface area contributed by atoms with Crippen LogP contribution in [-0.4, -0.2) is 20.3 Å². The molecule has 0 amide bonds. The second-order valence-electron chi connectivity index (χ2n) is 2.79. The van der Waals surface area contributed by atoms with Gasteiger partial charge in [-0.15, -0.1) is 0 Å². The molecule has 0 aliphatic rings. The van der Waals surface area contributed by atoms with Crippen LogP contribution in [0.3, 0.4) is 0 Å². The minimum absolute atomic E-state index is 0.167. The summed E-state index contributed by atoms with van der Waals surface area (Å²) in [4.78, 5) is 0. The van der Waals surface area contributed by atoms with Crippen molar-refractivity contribution in [3.63, 3.8) is 0 Å². The smallest absolute Gasteiger partial charge is 0.266 e. The van der Waals surface area contributed by atoms with E-state index in [2.05, 4.69) is 4.18 Å². The maximum Gasteiger partial charge on any atom is 0.367 e. The molecule has 6 heteroatoms. The van der Waals surface area contributed by atoms with Crippen LogP contribution in [-0.2, 0) is 14.3 Å². The van der Waals surface area contributed by atoms with Crippen LogP contribution >= 0.6 is 0 Å².